The van der Waals surface area contributed by atoms with Gasteiger partial charge in [0, 0.05) is 10.2 Å². The normalized spacial score (nSPS) is 10.5. The summed E-state index contributed by atoms with van der Waals surface area (Å²) < 4.78 is 2.31. The lowest BCUT2D eigenvalue weighted by Gasteiger charge is -2.05. The second-order valence-electron chi connectivity index (χ2n) is 5.04. The minimum atomic E-state index is -0.396. The lowest BCUT2D eigenvalue weighted by atomic mass is 10.2. The van der Waals surface area contributed by atoms with Crippen molar-refractivity contribution in [1.29, 1.82) is 0 Å². The summed E-state index contributed by atoms with van der Waals surface area (Å²) in [4.78, 5) is 12.3. The van der Waals surface area contributed by atoms with Crippen LogP contribution in [0.15, 0.2) is 53.0 Å². The Balaban J connectivity index is 1.86. The van der Waals surface area contributed by atoms with Crippen LogP contribution >= 0.6 is 15.9 Å². The minimum absolute atomic E-state index is 0.0885. The predicted molar refractivity (Wildman–Crippen MR) is 92.6 cm³/mol. The molecule has 1 aromatic heterocycles. The van der Waals surface area contributed by atoms with Gasteiger partial charge in [0.15, 0.2) is 11.5 Å². The Labute approximate surface area is 141 Å². The van der Waals surface area contributed by atoms with Crippen LogP contribution in [-0.2, 0) is 0 Å². The number of nitrogens with zero attached hydrogens (tertiary/aromatic N) is 3. The molecule has 6 nitrogen and oxygen atoms in total. The molecule has 0 spiro atoms. The Kier molecular flexibility index (Phi) is 4.12. The fraction of sp³-hybridized carbons (Fsp3) is 0.0625. The van der Waals surface area contributed by atoms with Crippen LogP contribution in [0.2, 0.25) is 0 Å². The first-order valence-corrected chi connectivity index (χ1v) is 7.69. The average Bonchev–Trinajstić information content (AvgIpc) is 2.91. The molecule has 0 aliphatic carbocycles. The second-order valence-corrected chi connectivity index (χ2v) is 5.95. The summed E-state index contributed by atoms with van der Waals surface area (Å²) in [6.45, 7) is 1.98. The molecule has 0 bridgehead atoms. The van der Waals surface area contributed by atoms with E-state index in [1.807, 2.05) is 55.5 Å². The topological polar surface area (TPSA) is 85.8 Å². The van der Waals surface area contributed by atoms with Gasteiger partial charge in [-0.2, -0.15) is 4.68 Å². The number of aryl methyl sites for hydroxylation is 1. The van der Waals surface area contributed by atoms with E-state index in [0.717, 1.165) is 15.7 Å². The highest BCUT2D eigenvalue weighted by Gasteiger charge is 2.18. The SMILES string of the molecule is Cc1ccc(NC(=O)c2nnn(-c3cccc(Br)c3)c2N)cc1. The Morgan fingerprint density at radius 2 is 1.96 bits per heavy atom. The van der Waals surface area contributed by atoms with Crippen LogP contribution in [0.25, 0.3) is 5.69 Å². The fourth-order valence-corrected chi connectivity index (χ4v) is 2.46. The molecule has 0 atom stereocenters. The second kappa shape index (κ2) is 6.21. The van der Waals surface area contributed by atoms with Gasteiger partial charge in [-0.05, 0) is 37.3 Å². The van der Waals surface area contributed by atoms with Crippen LogP contribution < -0.4 is 11.1 Å². The molecule has 0 radical (unpaired) electrons. The number of nitrogens with two attached hydrogens (primary N) is 1. The third-order valence-electron chi connectivity index (χ3n) is 3.28. The average molecular weight is 372 g/mol. The van der Waals surface area contributed by atoms with E-state index in [0.29, 0.717) is 5.69 Å². The molecule has 3 aromatic rings. The maximum Gasteiger partial charge on any atom is 0.280 e. The van der Waals surface area contributed by atoms with Crippen molar-refractivity contribution in [2.75, 3.05) is 11.1 Å². The number of aromatic nitrogens is 3. The molecule has 3 N–H and O–H groups in total. The third-order valence-corrected chi connectivity index (χ3v) is 3.78. The number of nitrogens with one attached hydrogen (secondary N) is 1. The number of halogens is 1. The van der Waals surface area contributed by atoms with E-state index in [1.54, 1.807) is 0 Å². The molecule has 2 aromatic carbocycles. The lowest BCUT2D eigenvalue weighted by Crippen LogP contribution is -2.15. The van der Waals surface area contributed by atoms with Crippen LogP contribution in [0.5, 0.6) is 0 Å². The molecule has 0 aliphatic heterocycles. The van der Waals surface area contributed by atoms with Gasteiger partial charge in [0.2, 0.25) is 0 Å². The van der Waals surface area contributed by atoms with Gasteiger partial charge in [0.1, 0.15) is 0 Å². The van der Waals surface area contributed by atoms with E-state index in [4.69, 9.17) is 5.73 Å². The van der Waals surface area contributed by atoms with Crippen LogP contribution in [0.1, 0.15) is 16.1 Å². The molecular formula is C16H14BrN5O. The molecule has 0 unspecified atom stereocenters. The van der Waals surface area contributed by atoms with Crippen molar-refractivity contribution >= 4 is 33.3 Å². The number of benzene rings is 2. The summed E-state index contributed by atoms with van der Waals surface area (Å²) >= 11 is 3.39. The molecule has 3 rings (SSSR count). The van der Waals surface area contributed by atoms with Crippen LogP contribution in [0.3, 0.4) is 0 Å². The smallest absolute Gasteiger partial charge is 0.280 e. The van der Waals surface area contributed by atoms with Gasteiger partial charge in [-0.15, -0.1) is 5.10 Å². The zero-order valence-corrected chi connectivity index (χ0v) is 13.9. The van der Waals surface area contributed by atoms with Gasteiger partial charge >= 0.3 is 0 Å². The molecule has 0 saturated heterocycles. The van der Waals surface area contributed by atoms with E-state index >= 15 is 0 Å². The van der Waals surface area contributed by atoms with Crippen LogP contribution in [0, 0.1) is 6.92 Å². The Morgan fingerprint density at radius 3 is 2.65 bits per heavy atom. The van der Waals surface area contributed by atoms with Gasteiger partial charge < -0.3 is 11.1 Å². The number of carbonyl (C=O) groups is 1. The number of hydrogen-bond donors (Lipinski definition) is 2. The van der Waals surface area contributed by atoms with Gasteiger partial charge in [-0.3, -0.25) is 4.79 Å². The number of hydrogen-bond acceptors (Lipinski definition) is 4. The molecule has 0 fully saturated rings. The molecule has 7 heteroatoms. The lowest BCUT2D eigenvalue weighted by molar-refractivity contribution is 0.102. The highest BCUT2D eigenvalue weighted by Crippen LogP contribution is 2.19. The van der Waals surface area contributed by atoms with Gasteiger partial charge in [0.25, 0.3) is 5.91 Å². The maximum atomic E-state index is 12.3. The standard InChI is InChI=1S/C16H14BrN5O/c1-10-5-7-12(8-6-10)19-16(23)14-15(18)22(21-20-14)13-4-2-3-11(17)9-13/h2-9H,18H2,1H3,(H,19,23). The molecule has 0 aliphatic rings. The zero-order valence-electron chi connectivity index (χ0n) is 12.3. The first kappa shape index (κ1) is 15.2. The highest BCUT2D eigenvalue weighted by molar-refractivity contribution is 9.10. The molecule has 23 heavy (non-hydrogen) atoms. The Bertz CT molecular complexity index is 857. The predicted octanol–water partition coefficient (Wildman–Crippen LogP) is 3.17. The van der Waals surface area contributed by atoms with Crippen molar-refractivity contribution in [3.63, 3.8) is 0 Å². The van der Waals surface area contributed by atoms with Crippen molar-refractivity contribution in [3.05, 3.63) is 64.3 Å². The van der Waals surface area contributed by atoms with E-state index < -0.39 is 5.91 Å². The maximum absolute atomic E-state index is 12.3. The summed E-state index contributed by atoms with van der Waals surface area (Å²) in [6, 6.07) is 14.9. The van der Waals surface area contributed by atoms with E-state index in [9.17, 15) is 4.79 Å². The number of amides is 1. The first-order chi connectivity index (χ1) is 11.0. The van der Waals surface area contributed by atoms with Crippen LogP contribution in [0.4, 0.5) is 11.5 Å². The highest BCUT2D eigenvalue weighted by atomic mass is 79.9. The molecule has 116 valence electrons. The quantitative estimate of drug-likeness (QED) is 0.740. The van der Waals surface area contributed by atoms with Crippen molar-refractivity contribution in [2.24, 2.45) is 0 Å². The number of nitrogen functional groups attached to an aromatic ring is 1. The summed E-state index contributed by atoms with van der Waals surface area (Å²) in [5, 5.41) is 10.6. The fourth-order valence-electron chi connectivity index (χ4n) is 2.08. The van der Waals surface area contributed by atoms with Crippen molar-refractivity contribution in [2.45, 2.75) is 6.92 Å². The largest absolute Gasteiger partial charge is 0.382 e. The third kappa shape index (κ3) is 3.24. The number of anilines is 2. The van der Waals surface area contributed by atoms with E-state index in [2.05, 4.69) is 31.6 Å². The van der Waals surface area contributed by atoms with Gasteiger partial charge in [-0.1, -0.05) is 44.9 Å². The summed E-state index contributed by atoms with van der Waals surface area (Å²) in [6.07, 6.45) is 0. The summed E-state index contributed by atoms with van der Waals surface area (Å²) in [5.41, 5.74) is 8.63. The van der Waals surface area contributed by atoms with Gasteiger partial charge in [-0.25, -0.2) is 0 Å². The first-order valence-electron chi connectivity index (χ1n) is 6.90. The summed E-state index contributed by atoms with van der Waals surface area (Å²) in [5.74, 6) is -0.208. The number of carbonyl (C=O) groups excluding carboxylic acids is 1. The minimum Gasteiger partial charge on any atom is -0.382 e. The van der Waals surface area contributed by atoms with Crippen molar-refractivity contribution in [3.8, 4) is 5.69 Å². The Hall–Kier alpha value is -2.67. The number of rotatable bonds is 3. The van der Waals surface area contributed by atoms with Gasteiger partial charge in [0.05, 0.1) is 5.69 Å². The molecular weight excluding hydrogens is 358 g/mol. The molecule has 1 heterocycles. The summed E-state index contributed by atoms with van der Waals surface area (Å²) in [7, 11) is 0. The van der Waals surface area contributed by atoms with E-state index in [-0.39, 0.29) is 11.5 Å². The van der Waals surface area contributed by atoms with E-state index in [1.165, 1.54) is 4.68 Å². The zero-order chi connectivity index (χ0) is 16.4. The van der Waals surface area contributed by atoms with Crippen molar-refractivity contribution < 1.29 is 4.79 Å². The Morgan fingerprint density at radius 1 is 1.22 bits per heavy atom. The molecule has 0 saturated carbocycles. The monoisotopic (exact) mass is 371 g/mol. The van der Waals surface area contributed by atoms with Crippen LogP contribution in [-0.4, -0.2) is 20.9 Å². The molecule has 1 amide bonds. The van der Waals surface area contributed by atoms with Crippen molar-refractivity contribution in [1.82, 2.24) is 15.0 Å².